The first-order chi connectivity index (χ1) is 12.8. The van der Waals surface area contributed by atoms with Crippen LogP contribution in [-0.2, 0) is 6.42 Å². The molecule has 5 nitrogen and oxygen atoms in total. The molecular weight excluding hydrogens is 334 g/mol. The van der Waals surface area contributed by atoms with Crippen LogP contribution in [0.2, 0.25) is 0 Å². The van der Waals surface area contributed by atoms with Crippen LogP contribution in [0.5, 0.6) is 0 Å². The Labute approximate surface area is 166 Å². The molecule has 27 heavy (non-hydrogen) atoms. The van der Waals surface area contributed by atoms with E-state index in [0.717, 1.165) is 25.9 Å². The SMILES string of the molecule is CCCCCCCCN1C(N)=NC(C)(C)[N+](C)(CCc2ccccc2)C1N. The summed E-state index contributed by atoms with van der Waals surface area (Å²) in [7, 11) is 2.22. The Bertz CT molecular complexity index is 598. The van der Waals surface area contributed by atoms with E-state index in [2.05, 4.69) is 63.1 Å². The number of hydrogen-bond acceptors (Lipinski definition) is 4. The minimum atomic E-state index is -0.337. The molecule has 1 aromatic carbocycles. The Kier molecular flexibility index (Phi) is 7.68. The van der Waals surface area contributed by atoms with Crippen molar-refractivity contribution in [3.63, 3.8) is 0 Å². The molecule has 4 N–H and O–H groups in total. The maximum atomic E-state index is 6.79. The van der Waals surface area contributed by atoms with Crippen molar-refractivity contribution in [3.05, 3.63) is 35.9 Å². The summed E-state index contributed by atoms with van der Waals surface area (Å²) < 4.78 is 0.665. The van der Waals surface area contributed by atoms with Crippen molar-refractivity contribution in [2.75, 3.05) is 20.1 Å². The lowest BCUT2D eigenvalue weighted by molar-refractivity contribution is -0.987. The van der Waals surface area contributed by atoms with Gasteiger partial charge in [0.2, 0.25) is 12.2 Å². The molecule has 0 saturated heterocycles. The van der Waals surface area contributed by atoms with Crippen molar-refractivity contribution >= 4 is 5.96 Å². The van der Waals surface area contributed by atoms with E-state index in [0.29, 0.717) is 10.4 Å². The number of rotatable bonds is 10. The zero-order chi connectivity index (χ0) is 19.9. The molecule has 0 bridgehead atoms. The molecule has 0 saturated carbocycles. The Morgan fingerprint density at radius 1 is 1.07 bits per heavy atom. The fourth-order valence-corrected chi connectivity index (χ4v) is 3.95. The van der Waals surface area contributed by atoms with Crippen LogP contribution in [0.4, 0.5) is 0 Å². The largest absolute Gasteiger partial charge is 0.369 e. The zero-order valence-electron chi connectivity index (χ0n) is 17.8. The molecule has 0 radical (unpaired) electrons. The van der Waals surface area contributed by atoms with Crippen LogP contribution in [0.1, 0.15) is 64.9 Å². The third kappa shape index (κ3) is 5.23. The summed E-state index contributed by atoms with van der Waals surface area (Å²) in [5, 5.41) is 0. The second-order valence-electron chi connectivity index (χ2n) is 8.57. The summed E-state index contributed by atoms with van der Waals surface area (Å²) in [6, 6.07) is 10.6. The predicted molar refractivity (Wildman–Crippen MR) is 115 cm³/mol. The molecule has 0 aromatic heterocycles. The molecule has 2 unspecified atom stereocenters. The summed E-state index contributed by atoms with van der Waals surface area (Å²) in [4.78, 5) is 6.97. The standard InChI is InChI=1S/C22H40N5/c1-5-6-7-8-9-13-17-26-20(23)25-22(2,3)27(4,21(26)24)18-16-19-14-11-10-12-15-19/h10-12,14-15,21H,5-9,13,16-18,24H2,1-4H3,(H2,23,25)/q+1. The number of benzene rings is 1. The van der Waals surface area contributed by atoms with Gasteiger partial charge in [0.25, 0.3) is 0 Å². The summed E-state index contributed by atoms with van der Waals surface area (Å²) in [5.74, 6) is 0.594. The van der Waals surface area contributed by atoms with Gasteiger partial charge in [-0.2, -0.15) is 4.99 Å². The molecule has 0 aliphatic carbocycles. The number of guanidine groups is 1. The van der Waals surface area contributed by atoms with Gasteiger partial charge >= 0.3 is 0 Å². The molecule has 0 fully saturated rings. The summed E-state index contributed by atoms with van der Waals surface area (Å²) in [5.41, 5.74) is 14.1. The maximum Gasteiger partial charge on any atom is 0.224 e. The second kappa shape index (κ2) is 9.56. The van der Waals surface area contributed by atoms with Gasteiger partial charge in [-0.05, 0) is 12.0 Å². The van der Waals surface area contributed by atoms with Crippen LogP contribution in [0, 0.1) is 0 Å². The average molecular weight is 375 g/mol. The van der Waals surface area contributed by atoms with Crippen LogP contribution in [0.25, 0.3) is 0 Å². The molecule has 1 aromatic rings. The van der Waals surface area contributed by atoms with E-state index in [-0.39, 0.29) is 12.0 Å². The molecule has 1 aliphatic rings. The minimum absolute atomic E-state index is 0.170. The third-order valence-electron chi connectivity index (χ3n) is 6.30. The molecule has 1 aliphatic heterocycles. The molecule has 0 amide bonds. The number of likely N-dealkylation sites (N-methyl/N-ethyl adjacent to an activating group) is 1. The van der Waals surface area contributed by atoms with Crippen molar-refractivity contribution in [3.8, 4) is 0 Å². The number of aliphatic imine (C=N–C) groups is 1. The van der Waals surface area contributed by atoms with Gasteiger partial charge in [-0.3, -0.25) is 15.1 Å². The van der Waals surface area contributed by atoms with Gasteiger partial charge in [-0.15, -0.1) is 0 Å². The van der Waals surface area contributed by atoms with Gasteiger partial charge in [0, 0.05) is 26.8 Å². The van der Waals surface area contributed by atoms with E-state index in [9.17, 15) is 0 Å². The monoisotopic (exact) mass is 374 g/mol. The molecule has 1 heterocycles. The first-order valence-corrected chi connectivity index (χ1v) is 10.6. The second-order valence-corrected chi connectivity index (χ2v) is 8.57. The lowest BCUT2D eigenvalue weighted by atomic mass is 10.0. The lowest BCUT2D eigenvalue weighted by Gasteiger charge is -2.54. The van der Waals surface area contributed by atoms with Gasteiger partial charge < -0.3 is 5.73 Å². The average Bonchev–Trinajstić information content (AvgIpc) is 2.64. The number of nitrogens with zero attached hydrogens (tertiary/aromatic N) is 3. The van der Waals surface area contributed by atoms with E-state index >= 15 is 0 Å². The summed E-state index contributed by atoms with van der Waals surface area (Å²) >= 11 is 0. The number of nitrogens with two attached hydrogens (primary N) is 2. The Hall–Kier alpha value is -1.59. The van der Waals surface area contributed by atoms with Crippen LogP contribution < -0.4 is 11.5 Å². The van der Waals surface area contributed by atoms with Gasteiger partial charge in [-0.25, -0.2) is 0 Å². The molecule has 2 atom stereocenters. The van der Waals surface area contributed by atoms with Gasteiger partial charge in [0.05, 0.1) is 13.6 Å². The Morgan fingerprint density at radius 3 is 2.37 bits per heavy atom. The highest BCUT2D eigenvalue weighted by Crippen LogP contribution is 2.32. The van der Waals surface area contributed by atoms with Gasteiger partial charge in [0.1, 0.15) is 0 Å². The summed E-state index contributed by atoms with van der Waals surface area (Å²) in [6.45, 7) is 8.36. The van der Waals surface area contributed by atoms with Crippen molar-refractivity contribution < 1.29 is 4.48 Å². The summed E-state index contributed by atoms with van der Waals surface area (Å²) in [6.07, 6.45) is 8.38. The normalized spacial score (nSPS) is 24.7. The molecular formula is C22H40N5+. The molecule has 5 heteroatoms. The van der Waals surface area contributed by atoms with Crippen LogP contribution in [0.3, 0.4) is 0 Å². The third-order valence-corrected chi connectivity index (χ3v) is 6.30. The minimum Gasteiger partial charge on any atom is -0.369 e. The maximum absolute atomic E-state index is 6.79. The van der Waals surface area contributed by atoms with E-state index in [1.54, 1.807) is 0 Å². The smallest absolute Gasteiger partial charge is 0.224 e. The number of hydrogen-bond donors (Lipinski definition) is 2. The van der Waals surface area contributed by atoms with E-state index in [4.69, 9.17) is 16.5 Å². The van der Waals surface area contributed by atoms with Crippen molar-refractivity contribution in [2.45, 2.75) is 77.7 Å². The molecule has 0 spiro atoms. The van der Waals surface area contributed by atoms with E-state index in [1.165, 1.54) is 37.7 Å². The Balaban J connectivity index is 2.03. The van der Waals surface area contributed by atoms with E-state index < -0.39 is 0 Å². The fourth-order valence-electron chi connectivity index (χ4n) is 3.95. The van der Waals surface area contributed by atoms with Crippen LogP contribution in [0.15, 0.2) is 35.3 Å². The highest BCUT2D eigenvalue weighted by atomic mass is 15.6. The van der Waals surface area contributed by atoms with Crippen LogP contribution >= 0.6 is 0 Å². The highest BCUT2D eigenvalue weighted by molar-refractivity contribution is 5.79. The van der Waals surface area contributed by atoms with Crippen molar-refractivity contribution in [1.82, 2.24) is 4.90 Å². The zero-order valence-corrected chi connectivity index (χ0v) is 17.8. The van der Waals surface area contributed by atoms with Crippen molar-refractivity contribution in [2.24, 2.45) is 16.5 Å². The van der Waals surface area contributed by atoms with Crippen LogP contribution in [-0.4, -0.2) is 47.4 Å². The van der Waals surface area contributed by atoms with Gasteiger partial charge in [0.15, 0.2) is 5.66 Å². The predicted octanol–water partition coefficient (Wildman–Crippen LogP) is 3.64. The molecule has 2 rings (SSSR count). The van der Waals surface area contributed by atoms with Crippen molar-refractivity contribution in [1.29, 1.82) is 0 Å². The Morgan fingerprint density at radius 2 is 1.70 bits per heavy atom. The topological polar surface area (TPSA) is 67.6 Å². The molecule has 152 valence electrons. The highest BCUT2D eigenvalue weighted by Gasteiger charge is 2.50. The quantitative estimate of drug-likeness (QED) is 0.485. The van der Waals surface area contributed by atoms with Gasteiger partial charge in [-0.1, -0.05) is 69.4 Å². The number of quaternary nitrogens is 1. The lowest BCUT2D eigenvalue weighted by Crippen LogP contribution is -2.76. The first-order valence-electron chi connectivity index (χ1n) is 10.6. The number of unbranched alkanes of at least 4 members (excludes halogenated alkanes) is 5. The first kappa shape index (κ1) is 21.7. The van der Waals surface area contributed by atoms with E-state index in [1.807, 2.05) is 0 Å². The fraction of sp³-hybridized carbons (Fsp3) is 0.682.